The highest BCUT2D eigenvalue weighted by Gasteiger charge is 2.24. The molecule has 1 aliphatic carbocycles. The van der Waals surface area contributed by atoms with Crippen LogP contribution in [0.4, 0.5) is 10.6 Å². The van der Waals surface area contributed by atoms with Crippen molar-refractivity contribution in [1.82, 2.24) is 30.4 Å². The van der Waals surface area contributed by atoms with Gasteiger partial charge >= 0.3 is 6.03 Å². The molecule has 8 heteroatoms. The average Bonchev–Trinajstić information content (AvgIpc) is 3.12. The molecule has 32 heavy (non-hydrogen) atoms. The maximum absolute atomic E-state index is 11.8. The van der Waals surface area contributed by atoms with Crippen LogP contribution in [-0.2, 0) is 6.42 Å². The lowest BCUT2D eigenvalue weighted by Gasteiger charge is -2.30. The van der Waals surface area contributed by atoms with Gasteiger partial charge in [0.2, 0.25) is 0 Å². The van der Waals surface area contributed by atoms with Crippen LogP contribution in [0.15, 0.2) is 24.3 Å². The molecule has 0 atom stereocenters. The quantitative estimate of drug-likeness (QED) is 0.543. The number of carbonyl (C=O) groups is 1. The van der Waals surface area contributed by atoms with Crippen LogP contribution in [0.2, 0.25) is 0 Å². The number of anilines is 1. The van der Waals surface area contributed by atoms with Crippen molar-refractivity contribution in [2.75, 3.05) is 11.9 Å². The minimum absolute atomic E-state index is 0.0758. The van der Waals surface area contributed by atoms with Crippen molar-refractivity contribution in [3.05, 3.63) is 41.3 Å². The first kappa shape index (κ1) is 22.0. The van der Waals surface area contributed by atoms with E-state index in [9.17, 15) is 4.79 Å². The third-order valence-electron chi connectivity index (χ3n) is 6.08. The number of nitrogens with one attached hydrogen (secondary N) is 3. The Kier molecular flexibility index (Phi) is 6.58. The second kappa shape index (κ2) is 9.54. The van der Waals surface area contributed by atoms with Gasteiger partial charge in [-0.3, -0.25) is 0 Å². The molecular weight excluding hydrogens is 402 g/mol. The Morgan fingerprint density at radius 2 is 1.72 bits per heavy atom. The topological polar surface area (TPSA) is 96.8 Å². The van der Waals surface area contributed by atoms with Crippen molar-refractivity contribution in [2.45, 2.75) is 71.9 Å². The summed E-state index contributed by atoms with van der Waals surface area (Å²) in [6, 6.07) is 8.79. The van der Waals surface area contributed by atoms with Crippen LogP contribution in [0.1, 0.15) is 56.6 Å². The smallest absolute Gasteiger partial charge is 0.314 e. The van der Waals surface area contributed by atoms with Crippen molar-refractivity contribution < 1.29 is 4.79 Å². The lowest BCUT2D eigenvalue weighted by atomic mass is 9.91. The van der Waals surface area contributed by atoms with Crippen molar-refractivity contribution in [3.8, 4) is 5.69 Å². The van der Waals surface area contributed by atoms with Crippen molar-refractivity contribution in [2.24, 2.45) is 0 Å². The standard InChI is InChI=1S/C24H33N7O/c1-5-20-28-22(26-17-9-11-18(12-10-17)27-24(32)25-6-2)21-16(4)30-31(23(21)29-20)19-13-7-15(3)8-14-19/h7-8,13-14,17-18H,5-6,9-12H2,1-4H3,(H2,25,27,32)(H,26,28,29). The number of urea groups is 1. The largest absolute Gasteiger partial charge is 0.367 e. The summed E-state index contributed by atoms with van der Waals surface area (Å²) in [5, 5.41) is 15.3. The molecule has 4 rings (SSSR count). The van der Waals surface area contributed by atoms with E-state index in [1.165, 1.54) is 5.56 Å². The molecular formula is C24H33N7O. The Morgan fingerprint density at radius 3 is 2.38 bits per heavy atom. The fourth-order valence-electron chi connectivity index (χ4n) is 4.33. The number of benzene rings is 1. The van der Waals surface area contributed by atoms with E-state index >= 15 is 0 Å². The fourth-order valence-corrected chi connectivity index (χ4v) is 4.33. The van der Waals surface area contributed by atoms with Gasteiger partial charge in [0.15, 0.2) is 5.65 Å². The van der Waals surface area contributed by atoms with Gasteiger partial charge in [0.1, 0.15) is 11.6 Å². The summed E-state index contributed by atoms with van der Waals surface area (Å²) in [5.74, 6) is 1.67. The number of nitrogens with zero attached hydrogens (tertiary/aromatic N) is 4. The van der Waals surface area contributed by atoms with E-state index < -0.39 is 0 Å². The first-order valence-electron chi connectivity index (χ1n) is 11.6. The SMILES string of the molecule is CCNC(=O)NC1CCC(Nc2nc(CC)nc3c2c(C)nn3-c2ccc(C)cc2)CC1. The summed E-state index contributed by atoms with van der Waals surface area (Å²) in [6.07, 6.45) is 4.62. The molecule has 2 amide bonds. The summed E-state index contributed by atoms with van der Waals surface area (Å²) in [4.78, 5) is 21.5. The first-order chi connectivity index (χ1) is 15.5. The predicted octanol–water partition coefficient (Wildman–Crippen LogP) is 4.04. The van der Waals surface area contributed by atoms with E-state index in [4.69, 9.17) is 15.1 Å². The number of carbonyl (C=O) groups excluding carboxylic acids is 1. The Bertz CT molecular complexity index is 1080. The number of amides is 2. The number of hydrogen-bond acceptors (Lipinski definition) is 5. The lowest BCUT2D eigenvalue weighted by Crippen LogP contribution is -2.44. The van der Waals surface area contributed by atoms with Crippen LogP contribution >= 0.6 is 0 Å². The summed E-state index contributed by atoms with van der Waals surface area (Å²) in [6.45, 7) is 8.73. The molecule has 2 aromatic heterocycles. The van der Waals surface area contributed by atoms with Gasteiger partial charge in [-0.25, -0.2) is 19.4 Å². The van der Waals surface area contributed by atoms with E-state index in [-0.39, 0.29) is 12.1 Å². The highest BCUT2D eigenvalue weighted by molar-refractivity contribution is 5.90. The molecule has 170 valence electrons. The predicted molar refractivity (Wildman–Crippen MR) is 127 cm³/mol. The normalized spacial score (nSPS) is 18.5. The van der Waals surface area contributed by atoms with Crippen LogP contribution in [-0.4, -0.2) is 44.4 Å². The molecule has 0 spiro atoms. The van der Waals surface area contributed by atoms with E-state index in [1.54, 1.807) is 0 Å². The maximum atomic E-state index is 11.8. The van der Waals surface area contributed by atoms with Gasteiger partial charge in [-0.15, -0.1) is 0 Å². The average molecular weight is 436 g/mol. The molecule has 0 saturated heterocycles. The Morgan fingerprint density at radius 1 is 1.03 bits per heavy atom. The van der Waals surface area contributed by atoms with E-state index in [0.717, 1.165) is 66.2 Å². The number of rotatable bonds is 6. The summed E-state index contributed by atoms with van der Waals surface area (Å²) < 4.78 is 1.92. The van der Waals surface area contributed by atoms with Crippen molar-refractivity contribution in [1.29, 1.82) is 0 Å². The summed E-state index contributed by atoms with van der Waals surface area (Å²) in [7, 11) is 0. The zero-order chi connectivity index (χ0) is 22.7. The Hall–Kier alpha value is -3.16. The number of fused-ring (bicyclic) bond motifs is 1. The van der Waals surface area contributed by atoms with E-state index in [1.807, 2.05) is 18.5 Å². The molecule has 0 unspecified atom stereocenters. The molecule has 8 nitrogen and oxygen atoms in total. The molecule has 1 fully saturated rings. The summed E-state index contributed by atoms with van der Waals surface area (Å²) in [5.41, 5.74) is 3.97. The third-order valence-corrected chi connectivity index (χ3v) is 6.08. The highest BCUT2D eigenvalue weighted by atomic mass is 16.2. The zero-order valence-electron chi connectivity index (χ0n) is 19.4. The Labute approximate surface area is 189 Å². The Balaban J connectivity index is 1.57. The minimum atomic E-state index is -0.0758. The first-order valence-corrected chi connectivity index (χ1v) is 11.6. The van der Waals surface area contributed by atoms with E-state index in [2.05, 4.69) is 54.1 Å². The zero-order valence-corrected chi connectivity index (χ0v) is 19.4. The molecule has 2 heterocycles. The van der Waals surface area contributed by atoms with Crippen LogP contribution < -0.4 is 16.0 Å². The molecule has 0 aliphatic heterocycles. The van der Waals surface area contributed by atoms with Gasteiger partial charge in [-0.1, -0.05) is 24.6 Å². The number of aryl methyl sites for hydroxylation is 3. The van der Waals surface area contributed by atoms with Crippen LogP contribution in [0, 0.1) is 13.8 Å². The third kappa shape index (κ3) is 4.69. The molecule has 1 aromatic carbocycles. The molecule has 0 radical (unpaired) electrons. The maximum Gasteiger partial charge on any atom is 0.314 e. The van der Waals surface area contributed by atoms with E-state index in [0.29, 0.717) is 12.6 Å². The second-order valence-electron chi connectivity index (χ2n) is 8.57. The van der Waals surface area contributed by atoms with Gasteiger partial charge in [-0.2, -0.15) is 5.10 Å². The van der Waals surface area contributed by atoms with Crippen molar-refractivity contribution in [3.63, 3.8) is 0 Å². The van der Waals surface area contributed by atoms with Crippen LogP contribution in [0.3, 0.4) is 0 Å². The van der Waals surface area contributed by atoms with Gasteiger partial charge in [-0.05, 0) is 58.6 Å². The fraction of sp³-hybridized carbons (Fsp3) is 0.500. The van der Waals surface area contributed by atoms with Crippen LogP contribution in [0.5, 0.6) is 0 Å². The highest BCUT2D eigenvalue weighted by Crippen LogP contribution is 2.29. The molecule has 1 aliphatic rings. The van der Waals surface area contributed by atoms with Gasteiger partial charge in [0.05, 0.1) is 16.8 Å². The second-order valence-corrected chi connectivity index (χ2v) is 8.57. The van der Waals surface area contributed by atoms with Crippen LogP contribution in [0.25, 0.3) is 16.7 Å². The molecule has 0 bridgehead atoms. The molecule has 3 aromatic rings. The van der Waals surface area contributed by atoms with Crippen molar-refractivity contribution >= 4 is 22.9 Å². The summed E-state index contributed by atoms with van der Waals surface area (Å²) >= 11 is 0. The molecule has 1 saturated carbocycles. The van der Waals surface area contributed by atoms with Gasteiger partial charge < -0.3 is 16.0 Å². The van der Waals surface area contributed by atoms with Gasteiger partial charge in [0.25, 0.3) is 0 Å². The van der Waals surface area contributed by atoms with Gasteiger partial charge in [0, 0.05) is 25.0 Å². The molecule has 3 N–H and O–H groups in total. The monoisotopic (exact) mass is 435 g/mol. The number of aromatic nitrogens is 4. The number of hydrogen-bond donors (Lipinski definition) is 3. The minimum Gasteiger partial charge on any atom is -0.367 e. The lowest BCUT2D eigenvalue weighted by molar-refractivity contribution is 0.232.